The van der Waals surface area contributed by atoms with Gasteiger partial charge in [-0.05, 0) is 60.7 Å². The maximum atomic E-state index is 10.9. The molecule has 0 fully saturated rings. The summed E-state index contributed by atoms with van der Waals surface area (Å²) in [7, 11) is 1.52. The highest BCUT2D eigenvalue weighted by Gasteiger charge is 2.15. The van der Waals surface area contributed by atoms with E-state index in [0.29, 0.717) is 17.4 Å². The molecule has 2 rings (SSSR count). The van der Waals surface area contributed by atoms with Crippen LogP contribution in [0.25, 0.3) is 0 Å². The van der Waals surface area contributed by atoms with Crippen molar-refractivity contribution < 1.29 is 19.4 Å². The molecule has 0 saturated heterocycles. The summed E-state index contributed by atoms with van der Waals surface area (Å²) in [6.07, 6.45) is 1.90. The number of hydrogen-bond acceptors (Lipinski definition) is 4. The van der Waals surface area contributed by atoms with E-state index in [2.05, 4.69) is 31.0 Å². The zero-order valence-corrected chi connectivity index (χ0v) is 15.6. The Hall–Kier alpha value is -2.82. The molecule has 0 aliphatic carbocycles. The Kier molecular flexibility index (Phi) is 6.78. The van der Waals surface area contributed by atoms with Crippen molar-refractivity contribution in [3.05, 3.63) is 53.6 Å². The van der Waals surface area contributed by atoms with Gasteiger partial charge >= 0.3 is 5.97 Å². The number of hydrogen-bond donors (Lipinski definition) is 1. The van der Waals surface area contributed by atoms with Crippen LogP contribution in [-0.2, 0) is 4.79 Å². The Morgan fingerprint density at radius 1 is 1.15 bits per heavy atom. The molecule has 0 saturated carbocycles. The molecule has 138 valence electrons. The molecule has 0 heterocycles. The van der Waals surface area contributed by atoms with Crippen LogP contribution in [0.1, 0.15) is 44.2 Å². The summed E-state index contributed by atoms with van der Waals surface area (Å²) >= 11 is 0. The molecule has 0 aromatic heterocycles. The largest absolute Gasteiger partial charge is 0.493 e. The first-order valence-corrected chi connectivity index (χ1v) is 8.66. The monoisotopic (exact) mass is 355 g/mol. The molecule has 0 bridgehead atoms. The first kappa shape index (κ1) is 19.5. The number of carbonyl (C=O) groups is 1. The normalized spacial score (nSPS) is 13.4. The molecule has 2 aromatic rings. The van der Waals surface area contributed by atoms with Gasteiger partial charge in [0.1, 0.15) is 0 Å². The Bertz CT molecular complexity index is 768. The minimum Gasteiger partial charge on any atom is -0.493 e. The maximum absolute atomic E-state index is 10.9. The lowest BCUT2D eigenvalue weighted by Crippen LogP contribution is -2.23. The van der Waals surface area contributed by atoms with Crippen LogP contribution in [0.5, 0.6) is 11.5 Å². The van der Waals surface area contributed by atoms with Gasteiger partial charge in [-0.3, -0.25) is 4.99 Å². The van der Waals surface area contributed by atoms with Crippen molar-refractivity contribution in [1.29, 1.82) is 0 Å². The van der Waals surface area contributed by atoms with Crippen LogP contribution >= 0.6 is 0 Å². The average molecular weight is 355 g/mol. The fraction of sp³-hybridized carbons (Fsp3) is 0.333. The van der Waals surface area contributed by atoms with Crippen molar-refractivity contribution in [3.8, 4) is 11.5 Å². The van der Waals surface area contributed by atoms with E-state index in [1.807, 2.05) is 18.2 Å². The first-order valence-electron chi connectivity index (χ1n) is 8.66. The number of methoxy groups -OCH3 is 1. The number of aliphatic imine (C=N–C) groups is 1. The minimum absolute atomic E-state index is 0.387. The SMILES string of the molecule is CC[C@@H](C)c1ccc(N=Cc2ccc(O[C@@H](C)C(=O)O)c(OC)c2)cc1. The maximum Gasteiger partial charge on any atom is 0.344 e. The minimum atomic E-state index is -1.03. The van der Waals surface area contributed by atoms with Gasteiger partial charge in [-0.25, -0.2) is 4.79 Å². The van der Waals surface area contributed by atoms with E-state index in [9.17, 15) is 4.79 Å². The fourth-order valence-corrected chi connectivity index (χ4v) is 2.38. The number of carboxylic acids is 1. The summed E-state index contributed by atoms with van der Waals surface area (Å²) in [5, 5.41) is 8.95. The van der Waals surface area contributed by atoms with Crippen molar-refractivity contribution in [2.75, 3.05) is 7.11 Å². The lowest BCUT2D eigenvalue weighted by atomic mass is 9.99. The topological polar surface area (TPSA) is 68.1 Å². The van der Waals surface area contributed by atoms with Crippen molar-refractivity contribution >= 4 is 17.9 Å². The predicted octanol–water partition coefficient (Wildman–Crippen LogP) is 4.81. The first-order chi connectivity index (χ1) is 12.4. The van der Waals surface area contributed by atoms with Crippen LogP contribution in [0.3, 0.4) is 0 Å². The molecular weight excluding hydrogens is 330 g/mol. The highest BCUT2D eigenvalue weighted by Crippen LogP contribution is 2.29. The van der Waals surface area contributed by atoms with E-state index in [-0.39, 0.29) is 0 Å². The standard InChI is InChI=1S/C21H25NO4/c1-5-14(2)17-7-9-18(10-8-17)22-13-16-6-11-19(20(12-16)25-4)26-15(3)21(23)24/h6-15H,5H2,1-4H3,(H,23,24)/t14-,15+/m1/s1. The molecule has 1 N–H and O–H groups in total. The molecule has 5 heteroatoms. The number of aliphatic carboxylic acids is 1. The second-order valence-electron chi connectivity index (χ2n) is 6.17. The van der Waals surface area contributed by atoms with E-state index < -0.39 is 12.1 Å². The van der Waals surface area contributed by atoms with E-state index in [4.69, 9.17) is 14.6 Å². The number of ether oxygens (including phenoxy) is 2. The van der Waals surface area contributed by atoms with Gasteiger partial charge in [0.2, 0.25) is 0 Å². The van der Waals surface area contributed by atoms with Gasteiger partial charge in [-0.1, -0.05) is 26.0 Å². The van der Waals surface area contributed by atoms with Gasteiger partial charge in [0.05, 0.1) is 12.8 Å². The van der Waals surface area contributed by atoms with Crippen molar-refractivity contribution in [3.63, 3.8) is 0 Å². The van der Waals surface area contributed by atoms with Crippen LogP contribution in [0.4, 0.5) is 5.69 Å². The van der Waals surface area contributed by atoms with Gasteiger partial charge in [0.15, 0.2) is 17.6 Å². The zero-order valence-electron chi connectivity index (χ0n) is 15.6. The van der Waals surface area contributed by atoms with Crippen molar-refractivity contribution in [2.45, 2.75) is 39.2 Å². The smallest absolute Gasteiger partial charge is 0.344 e. The molecule has 0 amide bonds. The highest BCUT2D eigenvalue weighted by atomic mass is 16.5. The third kappa shape index (κ3) is 5.09. The lowest BCUT2D eigenvalue weighted by molar-refractivity contribution is -0.144. The van der Waals surface area contributed by atoms with E-state index in [1.165, 1.54) is 19.6 Å². The Labute approximate surface area is 154 Å². The zero-order chi connectivity index (χ0) is 19.1. The van der Waals surface area contributed by atoms with Crippen LogP contribution in [0.15, 0.2) is 47.5 Å². The van der Waals surface area contributed by atoms with Gasteiger partial charge in [0.25, 0.3) is 0 Å². The third-order valence-electron chi connectivity index (χ3n) is 4.28. The summed E-state index contributed by atoms with van der Waals surface area (Å²) < 4.78 is 10.7. The molecule has 0 aliphatic heterocycles. The quantitative estimate of drug-likeness (QED) is 0.690. The molecular formula is C21H25NO4. The van der Waals surface area contributed by atoms with Crippen molar-refractivity contribution in [1.82, 2.24) is 0 Å². The summed E-state index contributed by atoms with van der Waals surface area (Å²) in [5.41, 5.74) is 3.01. The van der Waals surface area contributed by atoms with Crippen LogP contribution < -0.4 is 9.47 Å². The van der Waals surface area contributed by atoms with Crippen molar-refractivity contribution in [2.24, 2.45) is 4.99 Å². The Morgan fingerprint density at radius 2 is 1.85 bits per heavy atom. The number of benzene rings is 2. The van der Waals surface area contributed by atoms with E-state index in [1.54, 1.807) is 18.3 Å². The number of carboxylic acid groups (broad SMARTS) is 1. The molecule has 2 atom stereocenters. The number of nitrogens with zero attached hydrogens (tertiary/aromatic N) is 1. The lowest BCUT2D eigenvalue weighted by Gasteiger charge is -2.14. The summed E-state index contributed by atoms with van der Waals surface area (Å²) in [4.78, 5) is 15.4. The second kappa shape index (κ2) is 9.04. The molecule has 0 spiro atoms. The van der Waals surface area contributed by atoms with Crippen LogP contribution in [0.2, 0.25) is 0 Å². The molecule has 5 nitrogen and oxygen atoms in total. The van der Waals surface area contributed by atoms with Crippen LogP contribution in [-0.4, -0.2) is 30.5 Å². The highest BCUT2D eigenvalue weighted by molar-refractivity contribution is 5.83. The molecule has 0 radical (unpaired) electrons. The van der Waals surface area contributed by atoms with E-state index >= 15 is 0 Å². The molecule has 0 aliphatic rings. The predicted molar refractivity (Wildman–Crippen MR) is 103 cm³/mol. The van der Waals surface area contributed by atoms with Gasteiger partial charge < -0.3 is 14.6 Å². The van der Waals surface area contributed by atoms with Gasteiger partial charge in [-0.15, -0.1) is 0 Å². The second-order valence-corrected chi connectivity index (χ2v) is 6.17. The average Bonchev–Trinajstić information content (AvgIpc) is 2.66. The summed E-state index contributed by atoms with van der Waals surface area (Å²) in [5.74, 6) is 0.364. The molecule has 2 aromatic carbocycles. The summed E-state index contributed by atoms with van der Waals surface area (Å²) in [6, 6.07) is 13.5. The number of rotatable bonds is 8. The Morgan fingerprint density at radius 3 is 2.42 bits per heavy atom. The summed E-state index contributed by atoms with van der Waals surface area (Å²) in [6.45, 7) is 5.86. The van der Waals surface area contributed by atoms with Gasteiger partial charge in [-0.2, -0.15) is 0 Å². The Balaban J connectivity index is 2.14. The molecule has 26 heavy (non-hydrogen) atoms. The molecule has 0 unspecified atom stereocenters. The van der Waals surface area contributed by atoms with Crippen LogP contribution in [0, 0.1) is 0 Å². The van der Waals surface area contributed by atoms with E-state index in [0.717, 1.165) is 17.7 Å². The third-order valence-corrected chi connectivity index (χ3v) is 4.28. The fourth-order valence-electron chi connectivity index (χ4n) is 2.38. The van der Waals surface area contributed by atoms with Gasteiger partial charge in [0, 0.05) is 6.21 Å².